The van der Waals surface area contributed by atoms with Crippen LogP contribution in [0.1, 0.15) is 12.8 Å². The van der Waals surface area contributed by atoms with Crippen molar-refractivity contribution in [1.82, 2.24) is 10.5 Å². The Bertz CT molecular complexity index is 312. The summed E-state index contributed by atoms with van der Waals surface area (Å²) in [5.74, 6) is 0. The van der Waals surface area contributed by atoms with Crippen LogP contribution in [0.2, 0.25) is 0 Å². The lowest BCUT2D eigenvalue weighted by atomic mass is 10.1. The SMILES string of the molecule is N#CC1=NN(OC2CCNCC2)CC=C1. The van der Waals surface area contributed by atoms with E-state index in [2.05, 4.69) is 10.4 Å². The van der Waals surface area contributed by atoms with Crippen molar-refractivity contribution in [2.75, 3.05) is 19.6 Å². The zero-order valence-corrected chi connectivity index (χ0v) is 8.52. The molecule has 0 spiro atoms. The number of hydroxylamine groups is 1. The number of allylic oxidation sites excluding steroid dienone is 1. The maximum absolute atomic E-state index is 8.69. The average molecular weight is 206 g/mol. The van der Waals surface area contributed by atoms with E-state index in [1.807, 2.05) is 12.1 Å². The van der Waals surface area contributed by atoms with Crippen molar-refractivity contribution in [3.05, 3.63) is 12.2 Å². The number of nitrogens with one attached hydrogen (secondary N) is 1. The third-order valence-electron chi connectivity index (χ3n) is 2.43. The van der Waals surface area contributed by atoms with Crippen molar-refractivity contribution in [2.45, 2.75) is 18.9 Å². The number of hydrogen-bond donors (Lipinski definition) is 1. The Labute approximate surface area is 89.0 Å². The summed E-state index contributed by atoms with van der Waals surface area (Å²) >= 11 is 0. The summed E-state index contributed by atoms with van der Waals surface area (Å²) in [6, 6.07) is 2.00. The third-order valence-corrected chi connectivity index (χ3v) is 2.43. The smallest absolute Gasteiger partial charge is 0.162 e. The Morgan fingerprint density at radius 2 is 2.33 bits per heavy atom. The van der Waals surface area contributed by atoms with Crippen LogP contribution in [-0.2, 0) is 4.84 Å². The van der Waals surface area contributed by atoms with Crippen LogP contribution in [0, 0.1) is 11.3 Å². The van der Waals surface area contributed by atoms with Gasteiger partial charge in [-0.25, -0.2) is 0 Å². The van der Waals surface area contributed by atoms with Crippen molar-refractivity contribution in [2.24, 2.45) is 5.10 Å². The van der Waals surface area contributed by atoms with Crippen LogP contribution < -0.4 is 5.32 Å². The lowest BCUT2D eigenvalue weighted by Crippen LogP contribution is -2.37. The molecule has 0 aromatic carbocycles. The number of nitriles is 1. The molecule has 0 aromatic heterocycles. The molecule has 0 bridgehead atoms. The Hall–Kier alpha value is -1.38. The highest BCUT2D eigenvalue weighted by Gasteiger charge is 2.17. The van der Waals surface area contributed by atoms with Crippen LogP contribution in [0.4, 0.5) is 0 Å². The molecule has 0 atom stereocenters. The van der Waals surface area contributed by atoms with Crippen molar-refractivity contribution >= 4 is 5.71 Å². The van der Waals surface area contributed by atoms with Gasteiger partial charge in [0.15, 0.2) is 5.71 Å². The largest absolute Gasteiger partial charge is 0.317 e. The van der Waals surface area contributed by atoms with Gasteiger partial charge in [-0.05, 0) is 32.0 Å². The minimum absolute atomic E-state index is 0.224. The molecule has 0 radical (unpaired) electrons. The molecule has 2 rings (SSSR count). The Morgan fingerprint density at radius 1 is 1.53 bits per heavy atom. The minimum atomic E-state index is 0.224. The van der Waals surface area contributed by atoms with Gasteiger partial charge in [0.2, 0.25) is 0 Å². The van der Waals surface area contributed by atoms with E-state index in [-0.39, 0.29) is 6.10 Å². The highest BCUT2D eigenvalue weighted by Crippen LogP contribution is 2.11. The predicted molar refractivity (Wildman–Crippen MR) is 55.9 cm³/mol. The molecule has 1 N–H and O–H groups in total. The lowest BCUT2D eigenvalue weighted by Gasteiger charge is -2.28. The molecular weight excluding hydrogens is 192 g/mol. The van der Waals surface area contributed by atoms with Gasteiger partial charge < -0.3 is 5.32 Å². The molecule has 0 saturated carbocycles. The summed E-state index contributed by atoms with van der Waals surface area (Å²) in [5, 5.41) is 17.5. The summed E-state index contributed by atoms with van der Waals surface area (Å²) < 4.78 is 0. The fourth-order valence-corrected chi connectivity index (χ4v) is 1.65. The number of hydrazone groups is 1. The van der Waals surface area contributed by atoms with E-state index in [1.165, 1.54) is 5.17 Å². The molecule has 2 aliphatic heterocycles. The summed E-state index contributed by atoms with van der Waals surface area (Å²) in [5.41, 5.74) is 0.398. The van der Waals surface area contributed by atoms with Gasteiger partial charge in [0.1, 0.15) is 6.07 Å². The number of piperidine rings is 1. The highest BCUT2D eigenvalue weighted by molar-refractivity contribution is 6.07. The summed E-state index contributed by atoms with van der Waals surface area (Å²) in [6.07, 6.45) is 5.81. The quantitative estimate of drug-likeness (QED) is 0.711. The van der Waals surface area contributed by atoms with Crippen molar-refractivity contribution in [3.8, 4) is 6.07 Å². The van der Waals surface area contributed by atoms with Crippen molar-refractivity contribution in [3.63, 3.8) is 0 Å². The molecule has 0 amide bonds. The van der Waals surface area contributed by atoms with Crippen molar-refractivity contribution < 1.29 is 4.84 Å². The van der Waals surface area contributed by atoms with Crippen LogP contribution in [-0.4, -0.2) is 36.6 Å². The molecule has 0 aromatic rings. The molecule has 1 saturated heterocycles. The first-order chi connectivity index (χ1) is 7.38. The topological polar surface area (TPSA) is 60.7 Å². The van der Waals surface area contributed by atoms with E-state index < -0.39 is 0 Å². The van der Waals surface area contributed by atoms with Crippen LogP contribution in [0.3, 0.4) is 0 Å². The molecule has 0 unspecified atom stereocenters. The standard InChI is InChI=1S/C10H14N4O/c11-8-9-2-1-7-14(13-9)15-10-3-5-12-6-4-10/h1-2,10,12H,3-7H2. The van der Waals surface area contributed by atoms with Gasteiger partial charge in [-0.3, -0.25) is 4.84 Å². The van der Waals surface area contributed by atoms with E-state index in [9.17, 15) is 0 Å². The van der Waals surface area contributed by atoms with Crippen LogP contribution in [0.15, 0.2) is 17.3 Å². The van der Waals surface area contributed by atoms with Gasteiger partial charge in [0, 0.05) is 0 Å². The molecule has 80 valence electrons. The van der Waals surface area contributed by atoms with Gasteiger partial charge in [0.25, 0.3) is 0 Å². The predicted octanol–water partition coefficient (Wildman–Crippen LogP) is 0.421. The number of nitrogens with zero attached hydrogens (tertiary/aromatic N) is 3. The van der Waals surface area contributed by atoms with Crippen molar-refractivity contribution in [1.29, 1.82) is 5.26 Å². The highest BCUT2D eigenvalue weighted by atomic mass is 16.7. The van der Waals surface area contributed by atoms with Gasteiger partial charge in [0.05, 0.1) is 12.6 Å². The first-order valence-electron chi connectivity index (χ1n) is 5.19. The number of rotatable bonds is 2. The summed E-state index contributed by atoms with van der Waals surface area (Å²) in [7, 11) is 0. The molecule has 5 heteroatoms. The molecule has 0 aliphatic carbocycles. The van der Waals surface area contributed by atoms with Gasteiger partial charge in [-0.15, -0.1) is 5.10 Å². The van der Waals surface area contributed by atoms with E-state index in [0.717, 1.165) is 25.9 Å². The Balaban J connectivity index is 1.87. The first-order valence-corrected chi connectivity index (χ1v) is 5.19. The fraction of sp³-hybridized carbons (Fsp3) is 0.600. The Morgan fingerprint density at radius 3 is 3.07 bits per heavy atom. The second-order valence-electron chi connectivity index (χ2n) is 3.59. The maximum Gasteiger partial charge on any atom is 0.162 e. The van der Waals surface area contributed by atoms with E-state index >= 15 is 0 Å². The Kier molecular flexibility index (Phi) is 3.33. The summed E-state index contributed by atoms with van der Waals surface area (Å²) in [6.45, 7) is 2.60. The molecule has 2 aliphatic rings. The zero-order valence-electron chi connectivity index (χ0n) is 8.52. The minimum Gasteiger partial charge on any atom is -0.317 e. The van der Waals surface area contributed by atoms with Gasteiger partial charge in [-0.2, -0.15) is 10.4 Å². The molecule has 15 heavy (non-hydrogen) atoms. The second kappa shape index (κ2) is 4.91. The van der Waals surface area contributed by atoms with Crippen LogP contribution in [0.5, 0.6) is 0 Å². The lowest BCUT2D eigenvalue weighted by molar-refractivity contribution is -0.197. The average Bonchev–Trinajstić information content (AvgIpc) is 2.31. The van der Waals surface area contributed by atoms with Gasteiger partial charge in [-0.1, -0.05) is 6.08 Å². The first kappa shape index (κ1) is 10.1. The molecule has 1 fully saturated rings. The fourth-order valence-electron chi connectivity index (χ4n) is 1.65. The molecular formula is C10H14N4O. The maximum atomic E-state index is 8.69. The molecule has 2 heterocycles. The molecule has 5 nitrogen and oxygen atoms in total. The van der Waals surface area contributed by atoms with Crippen LogP contribution >= 0.6 is 0 Å². The second-order valence-corrected chi connectivity index (χ2v) is 3.59. The van der Waals surface area contributed by atoms with E-state index in [4.69, 9.17) is 10.1 Å². The third kappa shape index (κ3) is 2.78. The van der Waals surface area contributed by atoms with Crippen LogP contribution in [0.25, 0.3) is 0 Å². The monoisotopic (exact) mass is 206 g/mol. The van der Waals surface area contributed by atoms with E-state index in [1.54, 1.807) is 6.08 Å². The normalized spacial score (nSPS) is 22.3. The zero-order chi connectivity index (χ0) is 10.5. The van der Waals surface area contributed by atoms with E-state index in [0.29, 0.717) is 12.3 Å². The summed E-state index contributed by atoms with van der Waals surface area (Å²) in [4.78, 5) is 5.67. The van der Waals surface area contributed by atoms with Gasteiger partial charge >= 0.3 is 0 Å². The number of hydrogen-bond acceptors (Lipinski definition) is 5.